The molecule has 0 saturated heterocycles. The van der Waals surface area contributed by atoms with Gasteiger partial charge in [-0.2, -0.15) is 0 Å². The largest absolute Gasteiger partial charge is 0.349 e. The van der Waals surface area contributed by atoms with Gasteiger partial charge in [-0.05, 0) is 30.3 Å². The lowest BCUT2D eigenvalue weighted by atomic mass is 10.1. The highest BCUT2D eigenvalue weighted by molar-refractivity contribution is 5.97. The van der Waals surface area contributed by atoms with E-state index in [4.69, 9.17) is 0 Å². The highest BCUT2D eigenvalue weighted by Crippen LogP contribution is 2.33. The maximum atomic E-state index is 12.9. The summed E-state index contributed by atoms with van der Waals surface area (Å²) in [6.45, 7) is 0. The molecule has 104 valence electrons. The van der Waals surface area contributed by atoms with E-state index in [2.05, 4.69) is 10.3 Å². The highest BCUT2D eigenvalue weighted by Gasteiger charge is 2.18. The standard InChI is InChI=1S/C15H10FN3O2/c16-10-5-7-11(8-6-10)18-15-12-3-1-2-4-13(12)17-9-14(15)19(20)21/h1-9H,(H,17,18). The van der Waals surface area contributed by atoms with Gasteiger partial charge in [0.1, 0.15) is 17.7 Å². The first-order valence-electron chi connectivity index (χ1n) is 6.20. The molecule has 0 aliphatic carbocycles. The highest BCUT2D eigenvalue weighted by atomic mass is 19.1. The molecule has 3 aromatic rings. The van der Waals surface area contributed by atoms with Gasteiger partial charge in [0.25, 0.3) is 0 Å². The number of hydrogen-bond donors (Lipinski definition) is 1. The van der Waals surface area contributed by atoms with Crippen LogP contribution in [0.25, 0.3) is 10.9 Å². The van der Waals surface area contributed by atoms with E-state index < -0.39 is 4.92 Å². The number of anilines is 2. The molecule has 6 heteroatoms. The van der Waals surface area contributed by atoms with Gasteiger partial charge in [0.2, 0.25) is 0 Å². The third kappa shape index (κ3) is 2.51. The van der Waals surface area contributed by atoms with Gasteiger partial charge in [-0.1, -0.05) is 18.2 Å². The number of pyridine rings is 1. The van der Waals surface area contributed by atoms with E-state index in [0.29, 0.717) is 22.3 Å². The number of aromatic nitrogens is 1. The molecular weight excluding hydrogens is 273 g/mol. The van der Waals surface area contributed by atoms with Gasteiger partial charge < -0.3 is 5.32 Å². The molecule has 0 spiro atoms. The number of fused-ring (bicyclic) bond motifs is 1. The number of nitrogens with one attached hydrogen (secondary N) is 1. The van der Waals surface area contributed by atoms with E-state index in [0.717, 1.165) is 0 Å². The minimum atomic E-state index is -0.495. The van der Waals surface area contributed by atoms with Crippen molar-refractivity contribution in [2.24, 2.45) is 0 Å². The molecular formula is C15H10FN3O2. The molecule has 1 N–H and O–H groups in total. The summed E-state index contributed by atoms with van der Waals surface area (Å²) in [4.78, 5) is 14.8. The predicted octanol–water partition coefficient (Wildman–Crippen LogP) is 4.03. The minimum Gasteiger partial charge on any atom is -0.349 e. The average molecular weight is 283 g/mol. The second kappa shape index (κ2) is 5.16. The van der Waals surface area contributed by atoms with Crippen LogP contribution < -0.4 is 5.32 Å². The van der Waals surface area contributed by atoms with Crippen LogP contribution >= 0.6 is 0 Å². The first-order valence-corrected chi connectivity index (χ1v) is 6.20. The fraction of sp³-hybridized carbons (Fsp3) is 0. The zero-order valence-electron chi connectivity index (χ0n) is 10.8. The Morgan fingerprint density at radius 2 is 1.81 bits per heavy atom. The van der Waals surface area contributed by atoms with Crippen molar-refractivity contribution in [1.29, 1.82) is 0 Å². The summed E-state index contributed by atoms with van der Waals surface area (Å²) in [5, 5.41) is 14.8. The summed E-state index contributed by atoms with van der Waals surface area (Å²) in [7, 11) is 0. The molecule has 0 amide bonds. The molecule has 0 saturated carbocycles. The summed E-state index contributed by atoms with van der Waals surface area (Å²) < 4.78 is 12.9. The molecule has 1 aromatic heterocycles. The van der Waals surface area contributed by atoms with Gasteiger partial charge >= 0.3 is 5.69 Å². The molecule has 0 aliphatic rings. The second-order valence-electron chi connectivity index (χ2n) is 4.42. The van der Waals surface area contributed by atoms with Crippen molar-refractivity contribution in [3.63, 3.8) is 0 Å². The van der Waals surface area contributed by atoms with Crippen LogP contribution in [0.4, 0.5) is 21.5 Å². The number of hydrogen-bond acceptors (Lipinski definition) is 4. The summed E-state index contributed by atoms with van der Waals surface area (Å²) >= 11 is 0. The molecule has 3 rings (SSSR count). The quantitative estimate of drug-likeness (QED) is 0.582. The Balaban J connectivity index is 2.16. The zero-order chi connectivity index (χ0) is 14.8. The maximum Gasteiger partial charge on any atom is 0.311 e. The summed E-state index contributed by atoms with van der Waals surface area (Å²) in [5.41, 5.74) is 1.43. The van der Waals surface area contributed by atoms with Crippen LogP contribution in [0.5, 0.6) is 0 Å². The Bertz CT molecular complexity index is 819. The Morgan fingerprint density at radius 1 is 1.10 bits per heavy atom. The van der Waals surface area contributed by atoms with Gasteiger partial charge in [-0.3, -0.25) is 10.1 Å². The van der Waals surface area contributed by atoms with Gasteiger partial charge in [0.05, 0.1) is 10.4 Å². The van der Waals surface area contributed by atoms with Gasteiger partial charge in [-0.15, -0.1) is 0 Å². The van der Waals surface area contributed by atoms with Gasteiger partial charge in [0, 0.05) is 11.1 Å². The lowest BCUT2D eigenvalue weighted by Crippen LogP contribution is -1.99. The molecule has 0 radical (unpaired) electrons. The number of rotatable bonds is 3. The monoisotopic (exact) mass is 283 g/mol. The fourth-order valence-electron chi connectivity index (χ4n) is 2.08. The van der Waals surface area contributed by atoms with Crippen molar-refractivity contribution in [2.45, 2.75) is 0 Å². The molecule has 0 bridgehead atoms. The summed E-state index contributed by atoms with van der Waals surface area (Å²) in [6.07, 6.45) is 1.22. The third-order valence-corrected chi connectivity index (χ3v) is 3.07. The van der Waals surface area contributed by atoms with Crippen LogP contribution in [0.15, 0.2) is 54.7 Å². The van der Waals surface area contributed by atoms with Crippen LogP contribution in [0.1, 0.15) is 0 Å². The third-order valence-electron chi connectivity index (χ3n) is 3.07. The van der Waals surface area contributed by atoms with E-state index in [1.165, 1.54) is 30.5 Å². The Hall–Kier alpha value is -3.02. The molecule has 5 nitrogen and oxygen atoms in total. The lowest BCUT2D eigenvalue weighted by molar-refractivity contribution is -0.384. The van der Waals surface area contributed by atoms with E-state index in [9.17, 15) is 14.5 Å². The van der Waals surface area contributed by atoms with Gasteiger partial charge in [-0.25, -0.2) is 9.37 Å². The number of nitrogens with zero attached hydrogens (tertiary/aromatic N) is 2. The van der Waals surface area contributed by atoms with Crippen molar-refractivity contribution in [3.05, 3.63) is 70.7 Å². The van der Waals surface area contributed by atoms with E-state index >= 15 is 0 Å². The topological polar surface area (TPSA) is 68.1 Å². The smallest absolute Gasteiger partial charge is 0.311 e. The van der Waals surface area contributed by atoms with Crippen molar-refractivity contribution in [2.75, 3.05) is 5.32 Å². The van der Waals surface area contributed by atoms with Crippen LogP contribution in [0.2, 0.25) is 0 Å². The van der Waals surface area contributed by atoms with Crippen LogP contribution in [0, 0.1) is 15.9 Å². The Kier molecular flexibility index (Phi) is 3.19. The number of benzene rings is 2. The Morgan fingerprint density at radius 3 is 2.52 bits per heavy atom. The number of halogens is 1. The van der Waals surface area contributed by atoms with Crippen molar-refractivity contribution in [1.82, 2.24) is 4.98 Å². The Labute approximate surface area is 119 Å². The molecule has 0 aliphatic heterocycles. The SMILES string of the molecule is O=[N+]([O-])c1cnc2ccccc2c1Nc1ccc(F)cc1. The number of para-hydroxylation sites is 1. The molecule has 2 aromatic carbocycles. The average Bonchev–Trinajstić information content (AvgIpc) is 2.49. The van der Waals surface area contributed by atoms with Crippen molar-refractivity contribution >= 4 is 28.0 Å². The van der Waals surface area contributed by atoms with Crippen LogP contribution in [0.3, 0.4) is 0 Å². The van der Waals surface area contributed by atoms with Crippen LogP contribution in [-0.2, 0) is 0 Å². The van der Waals surface area contributed by atoms with E-state index in [-0.39, 0.29) is 11.5 Å². The molecule has 21 heavy (non-hydrogen) atoms. The predicted molar refractivity (Wildman–Crippen MR) is 78.1 cm³/mol. The fourth-order valence-corrected chi connectivity index (χ4v) is 2.08. The first-order chi connectivity index (χ1) is 10.1. The molecule has 0 fully saturated rings. The number of nitro groups is 1. The zero-order valence-corrected chi connectivity index (χ0v) is 10.8. The lowest BCUT2D eigenvalue weighted by Gasteiger charge is -2.10. The molecule has 0 unspecified atom stereocenters. The maximum absolute atomic E-state index is 12.9. The second-order valence-corrected chi connectivity index (χ2v) is 4.42. The summed E-state index contributed by atoms with van der Waals surface area (Å²) in [6, 6.07) is 12.7. The normalized spacial score (nSPS) is 10.5. The molecule has 0 atom stereocenters. The van der Waals surface area contributed by atoms with Crippen molar-refractivity contribution < 1.29 is 9.31 Å². The minimum absolute atomic E-state index is 0.127. The van der Waals surface area contributed by atoms with Crippen molar-refractivity contribution in [3.8, 4) is 0 Å². The first kappa shape index (κ1) is 13.0. The van der Waals surface area contributed by atoms with Gasteiger partial charge in [0.15, 0.2) is 0 Å². The van der Waals surface area contributed by atoms with E-state index in [1.807, 2.05) is 6.07 Å². The molecule has 1 heterocycles. The van der Waals surface area contributed by atoms with Crippen LogP contribution in [-0.4, -0.2) is 9.91 Å². The van der Waals surface area contributed by atoms with E-state index in [1.54, 1.807) is 18.2 Å². The summed E-state index contributed by atoms with van der Waals surface area (Å²) in [5.74, 6) is -0.366.